The Bertz CT molecular complexity index is 160. The van der Waals surface area contributed by atoms with E-state index in [9.17, 15) is 5.11 Å². The summed E-state index contributed by atoms with van der Waals surface area (Å²) < 4.78 is 0. The molecule has 3 heteroatoms. The van der Waals surface area contributed by atoms with Crippen molar-refractivity contribution in [3.8, 4) is 0 Å². The van der Waals surface area contributed by atoms with Crippen LogP contribution < -0.4 is 0 Å². The fourth-order valence-electron chi connectivity index (χ4n) is 2.03. The van der Waals surface area contributed by atoms with Gasteiger partial charge in [0.25, 0.3) is 0 Å². The molecule has 0 aromatic heterocycles. The van der Waals surface area contributed by atoms with Crippen molar-refractivity contribution in [3.05, 3.63) is 0 Å². The van der Waals surface area contributed by atoms with Gasteiger partial charge in [0.2, 0.25) is 0 Å². The van der Waals surface area contributed by atoms with Crippen LogP contribution in [0.5, 0.6) is 0 Å². The molecule has 0 unspecified atom stereocenters. The summed E-state index contributed by atoms with van der Waals surface area (Å²) in [6.45, 7) is 4.26. The van der Waals surface area contributed by atoms with Crippen LogP contribution in [0.4, 0.5) is 0 Å². The van der Waals surface area contributed by atoms with Crippen LogP contribution in [0.1, 0.15) is 19.3 Å². The molecule has 70 valence electrons. The molecular weight excluding hydrogens is 152 g/mol. The molecule has 0 saturated carbocycles. The van der Waals surface area contributed by atoms with Gasteiger partial charge >= 0.3 is 0 Å². The molecule has 0 spiro atoms. The molecule has 0 aromatic rings. The maximum absolute atomic E-state index is 10.2. The molecule has 0 aliphatic carbocycles. The first-order valence-electron chi connectivity index (χ1n) is 4.87. The molecule has 0 atom stereocenters. The van der Waals surface area contributed by atoms with Crippen LogP contribution in [-0.4, -0.2) is 53.9 Å². The van der Waals surface area contributed by atoms with Crippen molar-refractivity contribution in [3.63, 3.8) is 0 Å². The molecule has 2 aliphatic rings. The second-order valence-electron chi connectivity index (χ2n) is 4.13. The minimum Gasteiger partial charge on any atom is -0.376 e. The first-order valence-corrected chi connectivity index (χ1v) is 4.87. The largest absolute Gasteiger partial charge is 0.376 e. The van der Waals surface area contributed by atoms with Crippen molar-refractivity contribution in [1.29, 1.82) is 0 Å². The van der Waals surface area contributed by atoms with Crippen LogP contribution in [0.2, 0.25) is 0 Å². The van der Waals surface area contributed by atoms with E-state index in [1.807, 2.05) is 0 Å². The number of piperidine rings is 1. The van der Waals surface area contributed by atoms with Gasteiger partial charge in [-0.3, -0.25) is 4.90 Å². The van der Waals surface area contributed by atoms with Crippen LogP contribution in [-0.2, 0) is 0 Å². The van der Waals surface area contributed by atoms with E-state index in [1.165, 1.54) is 6.42 Å². The van der Waals surface area contributed by atoms with Gasteiger partial charge in [0.15, 0.2) is 0 Å². The fraction of sp³-hybridized carbons (Fsp3) is 1.00. The molecule has 0 amide bonds. The number of nitrogens with zero attached hydrogens (tertiary/aromatic N) is 2. The van der Waals surface area contributed by atoms with Crippen LogP contribution in [0.25, 0.3) is 0 Å². The van der Waals surface area contributed by atoms with Crippen molar-refractivity contribution in [2.45, 2.75) is 25.0 Å². The minimum absolute atomic E-state index is 0.454. The lowest BCUT2D eigenvalue weighted by Crippen LogP contribution is -2.59. The molecular formula is C9H18N2O. The molecule has 2 saturated heterocycles. The zero-order chi connectivity index (χ0) is 8.60. The number of hydrogen-bond donors (Lipinski definition) is 1. The zero-order valence-electron chi connectivity index (χ0n) is 7.79. The standard InChI is InChI=1S/C9H18N2O/c1-10-7-3-9(12,4-8-10)11-5-2-6-11/h12H,2-8H2,1H3. The van der Waals surface area contributed by atoms with E-state index in [0.717, 1.165) is 39.0 Å². The SMILES string of the molecule is CN1CCC(O)(N2CCC2)CC1. The third-order valence-electron chi connectivity index (χ3n) is 3.23. The Morgan fingerprint density at radius 2 is 1.67 bits per heavy atom. The average Bonchev–Trinajstić information content (AvgIpc) is 1.92. The summed E-state index contributed by atoms with van der Waals surface area (Å²) in [7, 11) is 2.12. The smallest absolute Gasteiger partial charge is 0.120 e. The van der Waals surface area contributed by atoms with E-state index >= 15 is 0 Å². The quantitative estimate of drug-likeness (QED) is 0.605. The Balaban J connectivity index is 1.92. The van der Waals surface area contributed by atoms with Crippen molar-refractivity contribution < 1.29 is 5.11 Å². The van der Waals surface area contributed by atoms with Crippen LogP contribution in [0.15, 0.2) is 0 Å². The van der Waals surface area contributed by atoms with E-state index in [-0.39, 0.29) is 0 Å². The molecule has 2 heterocycles. The molecule has 2 aliphatic heterocycles. The molecule has 0 bridgehead atoms. The van der Waals surface area contributed by atoms with E-state index in [1.54, 1.807) is 0 Å². The van der Waals surface area contributed by atoms with Crippen LogP contribution in [0.3, 0.4) is 0 Å². The monoisotopic (exact) mass is 170 g/mol. The Hall–Kier alpha value is -0.120. The van der Waals surface area contributed by atoms with Gasteiger partial charge in [0, 0.05) is 39.0 Å². The highest BCUT2D eigenvalue weighted by Crippen LogP contribution is 2.29. The van der Waals surface area contributed by atoms with E-state index in [4.69, 9.17) is 0 Å². The summed E-state index contributed by atoms with van der Waals surface area (Å²) >= 11 is 0. The number of aliphatic hydroxyl groups is 1. The normalized spacial score (nSPS) is 31.5. The van der Waals surface area contributed by atoms with Gasteiger partial charge in [0.1, 0.15) is 5.72 Å². The van der Waals surface area contributed by atoms with Gasteiger partial charge in [-0.2, -0.15) is 0 Å². The van der Waals surface area contributed by atoms with Crippen LogP contribution >= 0.6 is 0 Å². The van der Waals surface area contributed by atoms with Crippen LogP contribution in [0, 0.1) is 0 Å². The predicted octanol–water partition coefficient (Wildman–Crippen LogP) is 0.106. The summed E-state index contributed by atoms with van der Waals surface area (Å²) in [6.07, 6.45) is 3.10. The summed E-state index contributed by atoms with van der Waals surface area (Å²) in [5, 5.41) is 10.2. The first kappa shape index (κ1) is 8.48. The van der Waals surface area contributed by atoms with E-state index < -0.39 is 5.72 Å². The van der Waals surface area contributed by atoms with E-state index in [0.29, 0.717) is 0 Å². The summed E-state index contributed by atoms with van der Waals surface area (Å²) in [6, 6.07) is 0. The first-order chi connectivity index (χ1) is 5.71. The summed E-state index contributed by atoms with van der Waals surface area (Å²) in [5.41, 5.74) is -0.454. The lowest BCUT2D eigenvalue weighted by atomic mass is 9.95. The van der Waals surface area contributed by atoms with Crippen molar-refractivity contribution in [1.82, 2.24) is 9.80 Å². The molecule has 3 nitrogen and oxygen atoms in total. The predicted molar refractivity (Wildman–Crippen MR) is 47.9 cm³/mol. The fourth-order valence-corrected chi connectivity index (χ4v) is 2.03. The number of likely N-dealkylation sites (tertiary alicyclic amines) is 2. The Morgan fingerprint density at radius 1 is 1.08 bits per heavy atom. The highest BCUT2D eigenvalue weighted by molar-refractivity contribution is 4.89. The highest BCUT2D eigenvalue weighted by atomic mass is 16.3. The maximum Gasteiger partial charge on any atom is 0.120 e. The Kier molecular flexibility index (Phi) is 2.10. The zero-order valence-corrected chi connectivity index (χ0v) is 7.79. The topological polar surface area (TPSA) is 26.7 Å². The molecule has 0 aromatic carbocycles. The van der Waals surface area contributed by atoms with Gasteiger partial charge in [-0.1, -0.05) is 0 Å². The number of rotatable bonds is 1. The Morgan fingerprint density at radius 3 is 2.08 bits per heavy atom. The molecule has 2 fully saturated rings. The van der Waals surface area contributed by atoms with Gasteiger partial charge in [0.05, 0.1) is 0 Å². The van der Waals surface area contributed by atoms with Gasteiger partial charge in [-0.25, -0.2) is 0 Å². The summed E-state index contributed by atoms with van der Waals surface area (Å²) in [4.78, 5) is 4.51. The average molecular weight is 170 g/mol. The summed E-state index contributed by atoms with van der Waals surface area (Å²) in [5.74, 6) is 0. The van der Waals surface area contributed by atoms with Gasteiger partial charge in [-0.15, -0.1) is 0 Å². The third kappa shape index (κ3) is 1.37. The second-order valence-corrected chi connectivity index (χ2v) is 4.13. The molecule has 0 radical (unpaired) electrons. The third-order valence-corrected chi connectivity index (χ3v) is 3.23. The lowest BCUT2D eigenvalue weighted by molar-refractivity contribution is -0.163. The molecule has 12 heavy (non-hydrogen) atoms. The van der Waals surface area contributed by atoms with Crippen molar-refractivity contribution >= 4 is 0 Å². The van der Waals surface area contributed by atoms with Crippen molar-refractivity contribution in [2.24, 2.45) is 0 Å². The van der Waals surface area contributed by atoms with Gasteiger partial charge < -0.3 is 10.0 Å². The maximum atomic E-state index is 10.2. The Labute approximate surface area is 74.0 Å². The van der Waals surface area contributed by atoms with Gasteiger partial charge in [-0.05, 0) is 13.5 Å². The van der Waals surface area contributed by atoms with Crippen molar-refractivity contribution in [2.75, 3.05) is 33.2 Å². The number of hydrogen-bond acceptors (Lipinski definition) is 3. The molecule has 1 N–H and O–H groups in total. The minimum atomic E-state index is -0.454. The second kappa shape index (κ2) is 2.98. The lowest BCUT2D eigenvalue weighted by Gasteiger charge is -2.48. The van der Waals surface area contributed by atoms with E-state index in [2.05, 4.69) is 16.8 Å². The highest BCUT2D eigenvalue weighted by Gasteiger charge is 2.39. The molecule has 2 rings (SSSR count).